The van der Waals surface area contributed by atoms with E-state index in [2.05, 4.69) is 37.9 Å². The minimum atomic E-state index is -0.232. The first-order chi connectivity index (χ1) is 26.4. The topological polar surface area (TPSA) is 162 Å². The number of carbonyl (C=O) groups excluding carboxylic acids is 2. The first kappa shape index (κ1) is 37.0. The minimum absolute atomic E-state index is 0.0768. The summed E-state index contributed by atoms with van der Waals surface area (Å²) < 4.78 is 7.51. The van der Waals surface area contributed by atoms with Gasteiger partial charge in [-0.2, -0.15) is 0 Å². The van der Waals surface area contributed by atoms with Crippen molar-refractivity contribution in [2.75, 3.05) is 16.8 Å². The van der Waals surface area contributed by atoms with Crippen LogP contribution in [-0.2, 0) is 12.0 Å². The van der Waals surface area contributed by atoms with E-state index in [-0.39, 0.29) is 17.2 Å². The number of amides is 2. The lowest BCUT2D eigenvalue weighted by molar-refractivity contribution is 0.0950. The van der Waals surface area contributed by atoms with Crippen LogP contribution in [0.2, 0.25) is 0 Å². The summed E-state index contributed by atoms with van der Waals surface area (Å²) in [5.41, 5.74) is 17.1. The number of hydrogen-bond donors (Lipinski definition) is 4. The molecular weight excluding hydrogens is 727 g/mol. The summed E-state index contributed by atoms with van der Waals surface area (Å²) in [6.45, 7) is 8.63. The van der Waals surface area contributed by atoms with Crippen LogP contribution >= 0.6 is 22.7 Å². The number of aryl methyl sites for hydroxylation is 1. The van der Waals surface area contributed by atoms with E-state index >= 15 is 0 Å². The van der Waals surface area contributed by atoms with E-state index in [4.69, 9.17) is 16.0 Å². The number of nitrogens with zero attached hydrogens (tertiary/aromatic N) is 3. The predicted octanol–water partition coefficient (Wildman–Crippen LogP) is 9.87. The van der Waals surface area contributed by atoms with E-state index in [0.717, 1.165) is 52.4 Å². The third kappa shape index (κ3) is 8.56. The largest absolute Gasteiger partial charge is 0.383 e. The molecule has 0 atom stereocenters. The van der Waals surface area contributed by atoms with Crippen LogP contribution in [0.1, 0.15) is 58.4 Å². The Labute approximate surface area is 326 Å². The van der Waals surface area contributed by atoms with Crippen molar-refractivity contribution in [1.82, 2.24) is 20.4 Å². The smallest absolute Gasteiger partial charge is 0.256 e. The molecule has 12 heteroatoms. The van der Waals surface area contributed by atoms with Gasteiger partial charge in [0.2, 0.25) is 0 Å². The maximum Gasteiger partial charge on any atom is 0.256 e. The Hall–Kier alpha value is -6.37. The van der Waals surface area contributed by atoms with Crippen LogP contribution in [0, 0.1) is 6.92 Å². The number of rotatable bonds is 7. The van der Waals surface area contributed by atoms with Crippen LogP contribution < -0.4 is 22.1 Å². The van der Waals surface area contributed by atoms with Gasteiger partial charge in [-0.1, -0.05) is 55.8 Å². The molecule has 0 aliphatic rings. The molecular formula is C43H39N7O3S2. The van der Waals surface area contributed by atoms with E-state index in [9.17, 15) is 9.59 Å². The SMILES string of the molecule is CC(C)(C)c1cc(NC(=O)c2ccc3sc(-c4cccnc4N)cc3c2)no1.Cc1cccc(CNC(=O)c2ccc3sc(-c4cccnc4N)cc3c2)c1. The van der Waals surface area contributed by atoms with Gasteiger partial charge < -0.3 is 26.6 Å². The zero-order valence-corrected chi connectivity index (χ0v) is 32.3. The van der Waals surface area contributed by atoms with Crippen LogP contribution in [0.4, 0.5) is 17.5 Å². The number of anilines is 3. The quantitative estimate of drug-likeness (QED) is 0.125. The highest BCUT2D eigenvalue weighted by molar-refractivity contribution is 7.22. The van der Waals surface area contributed by atoms with Crippen LogP contribution in [0.25, 0.3) is 41.1 Å². The van der Waals surface area contributed by atoms with Crippen molar-refractivity contribution < 1.29 is 14.1 Å². The number of hydrogen-bond acceptors (Lipinski definition) is 10. The molecule has 10 nitrogen and oxygen atoms in total. The number of carbonyl (C=O) groups is 2. The van der Waals surface area contributed by atoms with Gasteiger partial charge in [-0.3, -0.25) is 9.59 Å². The molecule has 2 amide bonds. The molecule has 0 spiro atoms. The first-order valence-electron chi connectivity index (χ1n) is 17.5. The number of nitrogens with two attached hydrogens (primary N) is 2. The van der Waals surface area contributed by atoms with Crippen LogP contribution in [0.15, 0.2) is 120 Å². The molecule has 3 aromatic carbocycles. The third-order valence-electron chi connectivity index (χ3n) is 8.79. The monoisotopic (exact) mass is 765 g/mol. The van der Waals surface area contributed by atoms with E-state index in [1.165, 1.54) is 5.56 Å². The molecule has 8 rings (SSSR count). The molecule has 0 saturated heterocycles. The van der Waals surface area contributed by atoms with Crippen LogP contribution in [0.3, 0.4) is 0 Å². The Morgan fingerprint density at radius 2 is 1.29 bits per heavy atom. The van der Waals surface area contributed by atoms with Crippen molar-refractivity contribution in [3.63, 3.8) is 0 Å². The van der Waals surface area contributed by atoms with E-state index in [1.54, 1.807) is 47.2 Å². The van der Waals surface area contributed by atoms with Gasteiger partial charge in [0.15, 0.2) is 5.82 Å². The average Bonchev–Trinajstić information content (AvgIpc) is 3.92. The molecule has 6 N–H and O–H groups in total. The number of pyridine rings is 2. The summed E-state index contributed by atoms with van der Waals surface area (Å²) in [7, 11) is 0. The first-order valence-corrected chi connectivity index (χ1v) is 19.2. The Kier molecular flexibility index (Phi) is 10.4. The van der Waals surface area contributed by atoms with Crippen molar-refractivity contribution in [1.29, 1.82) is 0 Å². The number of nitrogens with one attached hydrogen (secondary N) is 2. The average molecular weight is 766 g/mol. The second-order valence-electron chi connectivity index (χ2n) is 14.1. The Balaban J connectivity index is 0.000000169. The molecule has 55 heavy (non-hydrogen) atoms. The fourth-order valence-corrected chi connectivity index (χ4v) is 8.02. The standard InChI is InChI=1S/C22H19N3OS.C21H20N4O2S/c1-14-4-2-5-15(10-14)13-25-22(26)16-7-8-19-17(11-16)12-20(27-19)18-6-3-9-24-21(18)23;1-21(2,3)17-11-18(25-27-17)24-20(26)12-6-7-15-13(9-12)10-16(28-15)14-5-4-8-23-19(14)22/h2-12H,13H2,1H3,(H2,23,24)(H,25,26);4-11H,1-3H3,(H2,22,23)(H,24,25,26). The highest BCUT2D eigenvalue weighted by Crippen LogP contribution is 2.37. The molecule has 0 radical (unpaired) electrons. The third-order valence-corrected chi connectivity index (χ3v) is 11.1. The van der Waals surface area contributed by atoms with Crippen molar-refractivity contribution in [3.8, 4) is 20.9 Å². The van der Waals surface area contributed by atoms with Crippen molar-refractivity contribution in [2.45, 2.75) is 39.7 Å². The van der Waals surface area contributed by atoms with Gasteiger partial charge in [0.1, 0.15) is 17.4 Å². The summed E-state index contributed by atoms with van der Waals surface area (Å²) in [5, 5.41) is 11.7. The Morgan fingerprint density at radius 1 is 0.709 bits per heavy atom. The fraction of sp³-hybridized carbons (Fsp3) is 0.140. The second kappa shape index (κ2) is 15.5. The van der Waals surface area contributed by atoms with Crippen molar-refractivity contribution in [2.24, 2.45) is 0 Å². The minimum Gasteiger partial charge on any atom is -0.383 e. The lowest BCUT2D eigenvalue weighted by Crippen LogP contribution is -2.22. The number of benzene rings is 3. The molecule has 8 aromatic rings. The molecule has 276 valence electrons. The summed E-state index contributed by atoms with van der Waals surface area (Å²) in [6, 6.07) is 33.0. The van der Waals surface area contributed by atoms with Crippen molar-refractivity contribution in [3.05, 3.63) is 144 Å². The van der Waals surface area contributed by atoms with Gasteiger partial charge in [0.05, 0.1) is 0 Å². The van der Waals surface area contributed by atoms with E-state index in [1.807, 2.05) is 107 Å². The molecule has 0 saturated carbocycles. The second-order valence-corrected chi connectivity index (χ2v) is 16.2. The highest BCUT2D eigenvalue weighted by atomic mass is 32.1. The van der Waals surface area contributed by atoms with Gasteiger partial charge >= 0.3 is 0 Å². The predicted molar refractivity (Wildman–Crippen MR) is 224 cm³/mol. The number of fused-ring (bicyclic) bond motifs is 2. The normalized spacial score (nSPS) is 11.3. The van der Waals surface area contributed by atoms with Crippen molar-refractivity contribution >= 4 is 72.1 Å². The lowest BCUT2D eigenvalue weighted by Gasteiger charge is -2.12. The van der Waals surface area contributed by atoms with Gasteiger partial charge in [-0.15, -0.1) is 22.7 Å². The van der Waals surface area contributed by atoms with Crippen LogP contribution in [0.5, 0.6) is 0 Å². The van der Waals surface area contributed by atoms with E-state index in [0.29, 0.717) is 35.1 Å². The van der Waals surface area contributed by atoms with Gasteiger partial charge in [-0.25, -0.2) is 9.97 Å². The highest BCUT2D eigenvalue weighted by Gasteiger charge is 2.21. The van der Waals surface area contributed by atoms with Gasteiger partial charge in [0, 0.05) is 71.8 Å². The number of thiophene rings is 2. The maximum absolute atomic E-state index is 12.6. The fourth-order valence-electron chi connectivity index (χ4n) is 5.87. The summed E-state index contributed by atoms with van der Waals surface area (Å²) in [5.74, 6) is 1.82. The zero-order chi connectivity index (χ0) is 38.7. The molecule has 5 aromatic heterocycles. The molecule has 5 heterocycles. The van der Waals surface area contributed by atoms with Gasteiger partial charge in [-0.05, 0) is 96.1 Å². The van der Waals surface area contributed by atoms with Gasteiger partial charge in [0.25, 0.3) is 11.8 Å². The molecule has 0 aliphatic heterocycles. The molecule has 0 aliphatic carbocycles. The maximum atomic E-state index is 12.6. The summed E-state index contributed by atoms with van der Waals surface area (Å²) >= 11 is 3.26. The zero-order valence-electron chi connectivity index (χ0n) is 30.7. The molecule has 0 unspecified atom stereocenters. The summed E-state index contributed by atoms with van der Waals surface area (Å²) in [6.07, 6.45) is 3.35. The number of nitrogen functional groups attached to an aromatic ring is 2. The molecule has 0 bridgehead atoms. The Morgan fingerprint density at radius 3 is 1.82 bits per heavy atom. The lowest BCUT2D eigenvalue weighted by atomic mass is 9.93. The Bertz CT molecular complexity index is 2670. The summed E-state index contributed by atoms with van der Waals surface area (Å²) in [4.78, 5) is 35.5. The van der Waals surface area contributed by atoms with Crippen LogP contribution in [-0.4, -0.2) is 26.9 Å². The van der Waals surface area contributed by atoms with E-state index < -0.39 is 0 Å². The number of aromatic nitrogens is 3. The molecule has 0 fully saturated rings.